The van der Waals surface area contributed by atoms with Crippen LogP contribution in [0.2, 0.25) is 0 Å². The van der Waals surface area contributed by atoms with Crippen molar-refractivity contribution >= 4 is 17.9 Å². The molecule has 1 aromatic carbocycles. The van der Waals surface area contributed by atoms with E-state index in [0.29, 0.717) is 6.61 Å². The van der Waals surface area contributed by atoms with Crippen molar-refractivity contribution in [3.63, 3.8) is 0 Å². The minimum Gasteiger partial charge on any atom is -0.489 e. The zero-order valence-corrected chi connectivity index (χ0v) is 16.5. The highest BCUT2D eigenvalue weighted by atomic mass is 16.5. The van der Waals surface area contributed by atoms with Crippen LogP contribution in [0, 0.1) is 0 Å². The van der Waals surface area contributed by atoms with Crippen LogP contribution in [0.4, 0.5) is 0 Å². The topological polar surface area (TPSA) is 80.3 Å². The SMILES string of the molecule is CCC(C)NC(=O)C(C)NC(=O)/C=C/c1ccc(OCc2cccnc2)cc1. The van der Waals surface area contributed by atoms with Gasteiger partial charge in [-0.05, 0) is 50.1 Å². The number of benzene rings is 1. The van der Waals surface area contributed by atoms with Crippen LogP contribution in [-0.2, 0) is 16.2 Å². The Morgan fingerprint density at radius 2 is 1.89 bits per heavy atom. The van der Waals surface area contributed by atoms with Crippen molar-refractivity contribution in [2.45, 2.75) is 45.9 Å². The Morgan fingerprint density at radius 3 is 2.54 bits per heavy atom. The Morgan fingerprint density at radius 1 is 1.14 bits per heavy atom. The Labute approximate surface area is 166 Å². The van der Waals surface area contributed by atoms with E-state index in [2.05, 4.69) is 15.6 Å². The predicted molar refractivity (Wildman–Crippen MR) is 110 cm³/mol. The number of rotatable bonds is 9. The van der Waals surface area contributed by atoms with Gasteiger partial charge in [-0.15, -0.1) is 0 Å². The number of carbonyl (C=O) groups is 2. The van der Waals surface area contributed by atoms with Gasteiger partial charge in [0.05, 0.1) is 0 Å². The van der Waals surface area contributed by atoms with Gasteiger partial charge < -0.3 is 15.4 Å². The number of amides is 2. The summed E-state index contributed by atoms with van der Waals surface area (Å²) in [5.41, 5.74) is 1.86. The second-order valence-electron chi connectivity index (χ2n) is 6.60. The molecule has 0 fully saturated rings. The van der Waals surface area contributed by atoms with Gasteiger partial charge in [0.15, 0.2) is 0 Å². The third-order valence-corrected chi connectivity index (χ3v) is 4.19. The molecular weight excluding hydrogens is 354 g/mol. The van der Waals surface area contributed by atoms with E-state index in [-0.39, 0.29) is 17.9 Å². The first kappa shape index (κ1) is 21.2. The monoisotopic (exact) mass is 381 g/mol. The summed E-state index contributed by atoms with van der Waals surface area (Å²) in [7, 11) is 0. The van der Waals surface area contributed by atoms with Crippen molar-refractivity contribution in [3.8, 4) is 5.75 Å². The van der Waals surface area contributed by atoms with Crippen LogP contribution in [0.3, 0.4) is 0 Å². The Balaban J connectivity index is 1.81. The highest BCUT2D eigenvalue weighted by Gasteiger charge is 2.15. The summed E-state index contributed by atoms with van der Waals surface area (Å²) in [5.74, 6) is 0.232. The van der Waals surface area contributed by atoms with E-state index in [1.807, 2.05) is 50.2 Å². The van der Waals surface area contributed by atoms with Gasteiger partial charge in [0.1, 0.15) is 18.4 Å². The lowest BCUT2D eigenvalue weighted by Gasteiger charge is -2.16. The summed E-state index contributed by atoms with van der Waals surface area (Å²) in [6.07, 6.45) is 7.44. The molecule has 148 valence electrons. The maximum Gasteiger partial charge on any atom is 0.244 e. The minimum atomic E-state index is -0.589. The van der Waals surface area contributed by atoms with Gasteiger partial charge in [-0.2, -0.15) is 0 Å². The van der Waals surface area contributed by atoms with Gasteiger partial charge in [0.25, 0.3) is 0 Å². The van der Waals surface area contributed by atoms with Crippen molar-refractivity contribution in [1.82, 2.24) is 15.6 Å². The lowest BCUT2D eigenvalue weighted by molar-refractivity contribution is -0.127. The molecule has 28 heavy (non-hydrogen) atoms. The fourth-order valence-corrected chi connectivity index (χ4v) is 2.29. The fraction of sp³-hybridized carbons (Fsp3) is 0.318. The number of nitrogens with one attached hydrogen (secondary N) is 2. The smallest absolute Gasteiger partial charge is 0.244 e. The number of carbonyl (C=O) groups excluding carboxylic acids is 2. The Bertz CT molecular complexity index is 788. The molecule has 0 aliphatic rings. The normalized spacial score (nSPS) is 13.0. The summed E-state index contributed by atoms with van der Waals surface area (Å²) < 4.78 is 5.70. The zero-order valence-electron chi connectivity index (χ0n) is 16.5. The van der Waals surface area contributed by atoms with E-state index in [4.69, 9.17) is 4.74 Å². The molecule has 2 unspecified atom stereocenters. The standard InChI is InChI=1S/C22H27N3O3/c1-4-16(2)24-22(27)17(3)25-21(26)12-9-18-7-10-20(11-8-18)28-15-19-6-5-13-23-14-19/h5-14,16-17H,4,15H2,1-3H3,(H,24,27)(H,25,26)/b12-9+. The van der Waals surface area contributed by atoms with E-state index in [0.717, 1.165) is 23.3 Å². The number of aromatic nitrogens is 1. The third-order valence-electron chi connectivity index (χ3n) is 4.19. The molecule has 0 radical (unpaired) electrons. The number of ether oxygens (including phenoxy) is 1. The Kier molecular flexibility index (Phi) is 8.21. The number of nitrogens with zero attached hydrogens (tertiary/aromatic N) is 1. The largest absolute Gasteiger partial charge is 0.489 e. The lowest BCUT2D eigenvalue weighted by atomic mass is 10.2. The molecule has 0 saturated heterocycles. The maximum atomic E-state index is 12.0. The molecule has 2 N–H and O–H groups in total. The molecule has 0 aliphatic heterocycles. The molecule has 0 saturated carbocycles. The summed E-state index contributed by atoms with van der Waals surface area (Å²) in [6.45, 7) is 6.03. The van der Waals surface area contributed by atoms with E-state index in [1.165, 1.54) is 6.08 Å². The second-order valence-corrected chi connectivity index (χ2v) is 6.60. The maximum absolute atomic E-state index is 12.0. The summed E-state index contributed by atoms with van der Waals surface area (Å²) in [6, 6.07) is 10.7. The van der Waals surface area contributed by atoms with Crippen LogP contribution < -0.4 is 15.4 Å². The number of hydrogen-bond donors (Lipinski definition) is 2. The molecular formula is C22H27N3O3. The number of pyridine rings is 1. The summed E-state index contributed by atoms with van der Waals surface area (Å²) in [4.78, 5) is 28.0. The molecule has 6 nitrogen and oxygen atoms in total. The molecule has 1 heterocycles. The molecule has 2 amide bonds. The number of hydrogen-bond acceptors (Lipinski definition) is 4. The second kappa shape index (κ2) is 10.9. The summed E-state index contributed by atoms with van der Waals surface area (Å²) in [5, 5.41) is 5.50. The van der Waals surface area contributed by atoms with Crippen LogP contribution >= 0.6 is 0 Å². The van der Waals surface area contributed by atoms with Gasteiger partial charge in [0, 0.05) is 30.1 Å². The third kappa shape index (κ3) is 7.23. The first-order valence-corrected chi connectivity index (χ1v) is 9.38. The van der Waals surface area contributed by atoms with Crippen LogP contribution in [0.15, 0.2) is 54.9 Å². The molecule has 0 spiro atoms. The van der Waals surface area contributed by atoms with Crippen LogP contribution in [0.1, 0.15) is 38.3 Å². The van der Waals surface area contributed by atoms with Crippen molar-refractivity contribution < 1.29 is 14.3 Å². The zero-order chi connectivity index (χ0) is 20.4. The summed E-state index contributed by atoms with van der Waals surface area (Å²) >= 11 is 0. The van der Waals surface area contributed by atoms with Crippen molar-refractivity contribution in [3.05, 3.63) is 66.0 Å². The quantitative estimate of drug-likeness (QED) is 0.654. The average molecular weight is 381 g/mol. The first-order valence-electron chi connectivity index (χ1n) is 9.38. The van der Waals surface area contributed by atoms with Crippen molar-refractivity contribution in [2.75, 3.05) is 0 Å². The highest BCUT2D eigenvalue weighted by Crippen LogP contribution is 2.14. The predicted octanol–water partition coefficient (Wildman–Crippen LogP) is 3.09. The van der Waals surface area contributed by atoms with E-state index < -0.39 is 6.04 Å². The molecule has 0 aliphatic carbocycles. The van der Waals surface area contributed by atoms with Gasteiger partial charge in [-0.25, -0.2) is 0 Å². The van der Waals surface area contributed by atoms with Crippen molar-refractivity contribution in [2.24, 2.45) is 0 Å². The van der Waals surface area contributed by atoms with Crippen LogP contribution in [0.25, 0.3) is 6.08 Å². The van der Waals surface area contributed by atoms with E-state index in [9.17, 15) is 9.59 Å². The Hall–Kier alpha value is -3.15. The molecule has 2 atom stereocenters. The van der Waals surface area contributed by atoms with Crippen LogP contribution in [-0.4, -0.2) is 28.9 Å². The fourth-order valence-electron chi connectivity index (χ4n) is 2.29. The lowest BCUT2D eigenvalue weighted by Crippen LogP contribution is -2.46. The minimum absolute atomic E-state index is 0.0845. The molecule has 1 aromatic heterocycles. The molecule has 6 heteroatoms. The molecule has 2 rings (SSSR count). The van der Waals surface area contributed by atoms with Gasteiger partial charge in [0.2, 0.25) is 11.8 Å². The van der Waals surface area contributed by atoms with Gasteiger partial charge >= 0.3 is 0 Å². The van der Waals surface area contributed by atoms with Crippen LogP contribution in [0.5, 0.6) is 5.75 Å². The van der Waals surface area contributed by atoms with Gasteiger partial charge in [-0.3, -0.25) is 14.6 Å². The molecule has 0 bridgehead atoms. The van der Waals surface area contributed by atoms with Gasteiger partial charge in [-0.1, -0.05) is 25.1 Å². The average Bonchev–Trinajstić information content (AvgIpc) is 2.72. The van der Waals surface area contributed by atoms with Crippen molar-refractivity contribution in [1.29, 1.82) is 0 Å². The van der Waals surface area contributed by atoms with E-state index >= 15 is 0 Å². The first-order chi connectivity index (χ1) is 13.5. The highest BCUT2D eigenvalue weighted by molar-refractivity contribution is 5.95. The molecule has 2 aromatic rings. The van der Waals surface area contributed by atoms with E-state index in [1.54, 1.807) is 25.4 Å².